The Kier molecular flexibility index (Phi) is 8.84. The highest BCUT2D eigenvalue weighted by Crippen LogP contribution is 2.24. The van der Waals surface area contributed by atoms with Crippen LogP contribution in [0.2, 0.25) is 5.02 Å². The topological polar surface area (TPSA) is 30.3 Å². The van der Waals surface area contributed by atoms with Crippen LogP contribution >= 0.6 is 11.6 Å². The first kappa shape index (κ1) is 24.6. The molecular weight excluding hydrogens is 442 g/mol. The van der Waals surface area contributed by atoms with E-state index in [0.717, 1.165) is 42.1 Å². The van der Waals surface area contributed by atoms with Crippen LogP contribution in [0.5, 0.6) is 5.75 Å². The van der Waals surface area contributed by atoms with Crippen LogP contribution in [-0.4, -0.2) is 34.1 Å². The van der Waals surface area contributed by atoms with Gasteiger partial charge in [-0.25, -0.2) is 4.98 Å². The van der Waals surface area contributed by atoms with Gasteiger partial charge in [-0.15, -0.1) is 0 Å². The molecule has 0 N–H and O–H groups in total. The van der Waals surface area contributed by atoms with E-state index in [1.165, 1.54) is 49.5 Å². The molecule has 0 unspecified atom stereocenters. The van der Waals surface area contributed by atoms with Crippen molar-refractivity contribution < 1.29 is 4.74 Å². The summed E-state index contributed by atoms with van der Waals surface area (Å²) in [5.74, 6) is 1.81. The predicted molar refractivity (Wildman–Crippen MR) is 144 cm³/mol. The molecule has 0 amide bonds. The third kappa shape index (κ3) is 6.31. The van der Waals surface area contributed by atoms with Crippen LogP contribution in [0.25, 0.3) is 21.8 Å². The van der Waals surface area contributed by atoms with Crippen LogP contribution in [0.4, 0.5) is 0 Å². The number of ether oxygens (including phenoxy) is 1. The second-order valence-electron chi connectivity index (χ2n) is 9.01. The highest BCUT2D eigenvalue weighted by atomic mass is 35.5. The molecule has 34 heavy (non-hydrogen) atoms. The summed E-state index contributed by atoms with van der Waals surface area (Å²) in [5, 5.41) is 3.11. The third-order valence-corrected chi connectivity index (χ3v) is 6.63. The van der Waals surface area contributed by atoms with Crippen LogP contribution < -0.4 is 4.74 Å². The number of aromatic nitrogens is 2. The standard InChI is InChI=1S/C29H36ClN3O/c1-3-5-16-32(17-6-4-2)18-9-19-33-28-15-13-25(30)21-27(28)31-29(33)22-34-26-14-12-23-10-7-8-11-24(23)20-26/h7-8,10-15,20-21H,3-6,9,16-19,22H2,1-2H3. The Morgan fingerprint density at radius 2 is 1.59 bits per heavy atom. The smallest absolute Gasteiger partial charge is 0.147 e. The number of imidazole rings is 1. The Hall–Kier alpha value is -2.56. The largest absolute Gasteiger partial charge is 0.486 e. The molecule has 5 heteroatoms. The van der Waals surface area contributed by atoms with Gasteiger partial charge in [-0.3, -0.25) is 0 Å². The number of hydrogen-bond donors (Lipinski definition) is 0. The third-order valence-electron chi connectivity index (χ3n) is 6.39. The Labute approximate surface area is 208 Å². The highest BCUT2D eigenvalue weighted by Gasteiger charge is 2.13. The minimum atomic E-state index is 0.431. The summed E-state index contributed by atoms with van der Waals surface area (Å²) in [6, 6.07) is 20.6. The van der Waals surface area contributed by atoms with Gasteiger partial charge in [-0.05, 0) is 80.0 Å². The fourth-order valence-electron chi connectivity index (χ4n) is 4.47. The number of hydrogen-bond acceptors (Lipinski definition) is 3. The zero-order valence-corrected chi connectivity index (χ0v) is 21.2. The maximum atomic E-state index is 6.26. The van der Waals surface area contributed by atoms with Crippen molar-refractivity contribution in [2.24, 2.45) is 0 Å². The Morgan fingerprint density at radius 1 is 0.853 bits per heavy atom. The molecular formula is C29H36ClN3O. The summed E-state index contributed by atoms with van der Waals surface area (Å²) in [4.78, 5) is 7.51. The highest BCUT2D eigenvalue weighted by molar-refractivity contribution is 6.31. The van der Waals surface area contributed by atoms with Crippen molar-refractivity contribution in [1.82, 2.24) is 14.5 Å². The molecule has 0 saturated carbocycles. The molecule has 4 rings (SSSR count). The minimum absolute atomic E-state index is 0.431. The molecule has 0 aliphatic heterocycles. The molecule has 1 aromatic heterocycles. The second kappa shape index (κ2) is 12.2. The lowest BCUT2D eigenvalue weighted by atomic mass is 10.1. The first-order valence-electron chi connectivity index (χ1n) is 12.7. The molecule has 0 aliphatic carbocycles. The average Bonchev–Trinajstić information content (AvgIpc) is 3.20. The van der Waals surface area contributed by atoms with Gasteiger partial charge in [0.05, 0.1) is 11.0 Å². The number of halogens is 1. The number of benzene rings is 3. The molecule has 0 aliphatic rings. The number of unbranched alkanes of at least 4 members (excludes halogenated alkanes) is 2. The van der Waals surface area contributed by atoms with E-state index >= 15 is 0 Å². The quantitative estimate of drug-likeness (QED) is 0.197. The van der Waals surface area contributed by atoms with E-state index in [4.69, 9.17) is 21.3 Å². The molecule has 0 atom stereocenters. The van der Waals surface area contributed by atoms with Crippen LogP contribution in [0.15, 0.2) is 60.7 Å². The van der Waals surface area contributed by atoms with E-state index < -0.39 is 0 Å². The molecule has 180 valence electrons. The lowest BCUT2D eigenvalue weighted by Crippen LogP contribution is -2.28. The summed E-state index contributed by atoms with van der Waals surface area (Å²) in [5.41, 5.74) is 2.05. The van der Waals surface area contributed by atoms with Gasteiger partial charge in [0, 0.05) is 11.6 Å². The molecule has 4 nitrogen and oxygen atoms in total. The average molecular weight is 478 g/mol. The zero-order valence-electron chi connectivity index (χ0n) is 20.5. The van der Waals surface area contributed by atoms with Gasteiger partial charge in [0.2, 0.25) is 0 Å². The van der Waals surface area contributed by atoms with E-state index in [0.29, 0.717) is 11.6 Å². The van der Waals surface area contributed by atoms with E-state index in [2.05, 4.69) is 65.8 Å². The van der Waals surface area contributed by atoms with E-state index in [9.17, 15) is 0 Å². The Balaban J connectivity index is 1.48. The first-order valence-corrected chi connectivity index (χ1v) is 13.0. The monoisotopic (exact) mass is 477 g/mol. The van der Waals surface area contributed by atoms with Gasteiger partial charge in [0.1, 0.15) is 18.2 Å². The summed E-state index contributed by atoms with van der Waals surface area (Å²) in [7, 11) is 0. The molecule has 3 aromatic carbocycles. The lowest BCUT2D eigenvalue weighted by Gasteiger charge is -2.22. The summed E-state index contributed by atoms with van der Waals surface area (Å²) in [6.45, 7) is 9.37. The molecule has 1 heterocycles. The van der Waals surface area contributed by atoms with E-state index in [1.807, 2.05) is 18.2 Å². The zero-order chi connectivity index (χ0) is 23.8. The second-order valence-corrected chi connectivity index (χ2v) is 9.45. The number of rotatable bonds is 13. The minimum Gasteiger partial charge on any atom is -0.486 e. The van der Waals surface area contributed by atoms with E-state index in [1.54, 1.807) is 0 Å². The predicted octanol–water partition coefficient (Wildman–Crippen LogP) is 7.71. The Morgan fingerprint density at radius 3 is 2.35 bits per heavy atom. The van der Waals surface area contributed by atoms with Crippen LogP contribution in [0.1, 0.15) is 51.8 Å². The molecule has 4 aromatic rings. The molecule has 0 bridgehead atoms. The molecule has 0 radical (unpaired) electrons. The summed E-state index contributed by atoms with van der Waals surface area (Å²) < 4.78 is 8.52. The van der Waals surface area contributed by atoms with E-state index in [-0.39, 0.29) is 0 Å². The van der Waals surface area contributed by atoms with Crippen molar-refractivity contribution in [3.05, 3.63) is 71.5 Å². The van der Waals surface area contributed by atoms with Crippen molar-refractivity contribution >= 4 is 33.4 Å². The van der Waals surface area contributed by atoms with Gasteiger partial charge in [-0.2, -0.15) is 0 Å². The van der Waals surface area contributed by atoms with Gasteiger partial charge in [0.15, 0.2) is 0 Å². The maximum Gasteiger partial charge on any atom is 0.147 e. The van der Waals surface area contributed by atoms with Crippen LogP contribution in [0.3, 0.4) is 0 Å². The summed E-state index contributed by atoms with van der Waals surface area (Å²) in [6.07, 6.45) is 6.10. The fraction of sp³-hybridized carbons (Fsp3) is 0.414. The normalized spacial score (nSPS) is 11.6. The van der Waals surface area contributed by atoms with Crippen molar-refractivity contribution in [3.8, 4) is 5.75 Å². The van der Waals surface area contributed by atoms with Crippen molar-refractivity contribution in [1.29, 1.82) is 0 Å². The number of aryl methyl sites for hydroxylation is 1. The molecule has 0 spiro atoms. The Bertz CT molecular complexity index is 1190. The van der Waals surface area contributed by atoms with Gasteiger partial charge in [-0.1, -0.05) is 68.6 Å². The molecule has 0 saturated heterocycles. The lowest BCUT2D eigenvalue weighted by molar-refractivity contribution is 0.254. The summed E-state index contributed by atoms with van der Waals surface area (Å²) >= 11 is 6.26. The SMILES string of the molecule is CCCCN(CCCC)CCCn1c(COc2ccc3ccccc3c2)nc2cc(Cl)ccc21. The molecule has 0 fully saturated rings. The first-order chi connectivity index (χ1) is 16.7. The van der Waals surface area contributed by atoms with Crippen molar-refractivity contribution in [2.45, 2.75) is 59.1 Å². The number of fused-ring (bicyclic) bond motifs is 2. The number of nitrogens with zero attached hydrogens (tertiary/aromatic N) is 3. The van der Waals surface area contributed by atoms with Gasteiger partial charge < -0.3 is 14.2 Å². The maximum absolute atomic E-state index is 6.26. The van der Waals surface area contributed by atoms with Crippen molar-refractivity contribution in [3.63, 3.8) is 0 Å². The van der Waals surface area contributed by atoms with Gasteiger partial charge >= 0.3 is 0 Å². The van der Waals surface area contributed by atoms with Crippen LogP contribution in [0, 0.1) is 0 Å². The van der Waals surface area contributed by atoms with Crippen LogP contribution in [-0.2, 0) is 13.2 Å². The fourth-order valence-corrected chi connectivity index (χ4v) is 4.64. The van der Waals surface area contributed by atoms with Crippen molar-refractivity contribution in [2.75, 3.05) is 19.6 Å². The van der Waals surface area contributed by atoms with Gasteiger partial charge in [0.25, 0.3) is 0 Å².